The van der Waals surface area contributed by atoms with E-state index in [4.69, 9.17) is 0 Å². The Balaban J connectivity index is 2.38. The molecule has 0 N–H and O–H groups in total. The fourth-order valence-corrected chi connectivity index (χ4v) is 3.84. The molecule has 0 radical (unpaired) electrons. The van der Waals surface area contributed by atoms with E-state index in [1.54, 1.807) is 0 Å². The van der Waals surface area contributed by atoms with Gasteiger partial charge in [-0.25, -0.2) is 12.8 Å². The lowest BCUT2D eigenvalue weighted by Gasteiger charge is -2.29. The van der Waals surface area contributed by atoms with Crippen LogP contribution >= 0.6 is 0 Å². The predicted octanol–water partition coefficient (Wildman–Crippen LogP) is 2.45. The van der Waals surface area contributed by atoms with Crippen LogP contribution in [-0.2, 0) is 10.0 Å². The fraction of sp³-hybridized carbons (Fsp3) is 0.500. The maximum Gasteiger partial charge on any atom is 0.246 e. The summed E-state index contributed by atoms with van der Waals surface area (Å²) in [7, 11) is -3.87. The van der Waals surface area contributed by atoms with Gasteiger partial charge in [-0.05, 0) is 43.9 Å². The Kier molecular flexibility index (Phi) is 4.25. The second-order valence-electron chi connectivity index (χ2n) is 5.29. The third kappa shape index (κ3) is 2.91. The molecule has 0 bridgehead atoms. The molecule has 1 saturated heterocycles. The number of hydrogen-bond donors (Lipinski definition) is 0. The number of carbonyl (C=O) groups is 1. The summed E-state index contributed by atoms with van der Waals surface area (Å²) in [5, 5.41) is 0. The molecule has 0 aromatic heterocycles. The standard InChI is InChI=1S/C14H18FNO3S/c1-10-5-7-16(8-6-10)20(18,19)14-9-12(11(2)17)3-4-13(14)15/h3-4,9-10H,5-8H2,1-2H3. The molecule has 20 heavy (non-hydrogen) atoms. The van der Waals surface area contributed by atoms with Crippen LogP contribution in [-0.4, -0.2) is 31.6 Å². The number of benzene rings is 1. The van der Waals surface area contributed by atoms with Crippen LogP contribution in [0.2, 0.25) is 0 Å². The Labute approximate surface area is 118 Å². The topological polar surface area (TPSA) is 54.5 Å². The van der Waals surface area contributed by atoms with E-state index in [1.165, 1.54) is 17.3 Å². The van der Waals surface area contributed by atoms with Crippen LogP contribution in [0.3, 0.4) is 0 Å². The van der Waals surface area contributed by atoms with E-state index in [1.807, 2.05) is 0 Å². The van der Waals surface area contributed by atoms with Crippen molar-refractivity contribution in [1.29, 1.82) is 0 Å². The lowest BCUT2D eigenvalue weighted by atomic mass is 10.0. The summed E-state index contributed by atoms with van der Waals surface area (Å²) in [5.41, 5.74) is 0.204. The second-order valence-corrected chi connectivity index (χ2v) is 7.19. The molecule has 4 nitrogen and oxygen atoms in total. The molecule has 0 amide bonds. The van der Waals surface area contributed by atoms with Crippen molar-refractivity contribution < 1.29 is 17.6 Å². The number of carbonyl (C=O) groups excluding carboxylic acids is 1. The first kappa shape index (κ1) is 15.1. The molecular formula is C14H18FNO3S. The maximum atomic E-state index is 13.8. The minimum Gasteiger partial charge on any atom is -0.295 e. The molecule has 1 heterocycles. The monoisotopic (exact) mass is 299 g/mol. The zero-order valence-corrected chi connectivity index (χ0v) is 12.4. The van der Waals surface area contributed by atoms with Gasteiger partial charge in [0.25, 0.3) is 0 Å². The third-order valence-electron chi connectivity index (χ3n) is 3.70. The highest BCUT2D eigenvalue weighted by Gasteiger charge is 2.30. The highest BCUT2D eigenvalue weighted by atomic mass is 32.2. The summed E-state index contributed by atoms with van der Waals surface area (Å²) in [5.74, 6) is -0.614. The Morgan fingerprint density at radius 2 is 1.90 bits per heavy atom. The van der Waals surface area contributed by atoms with Crippen LogP contribution in [0.1, 0.15) is 37.0 Å². The molecule has 1 aromatic carbocycles. The van der Waals surface area contributed by atoms with E-state index in [-0.39, 0.29) is 11.3 Å². The SMILES string of the molecule is CC(=O)c1ccc(F)c(S(=O)(=O)N2CCC(C)CC2)c1. The van der Waals surface area contributed by atoms with Gasteiger partial charge < -0.3 is 0 Å². The lowest BCUT2D eigenvalue weighted by molar-refractivity contribution is 0.101. The summed E-state index contributed by atoms with van der Waals surface area (Å²) in [6.45, 7) is 4.19. The quantitative estimate of drug-likeness (QED) is 0.806. The van der Waals surface area contributed by atoms with Gasteiger partial charge in [-0.1, -0.05) is 6.92 Å². The normalized spacial score (nSPS) is 18.1. The Morgan fingerprint density at radius 1 is 1.30 bits per heavy atom. The van der Waals surface area contributed by atoms with Gasteiger partial charge in [0.2, 0.25) is 10.0 Å². The average molecular weight is 299 g/mol. The first-order valence-corrected chi connectivity index (χ1v) is 8.07. The van der Waals surface area contributed by atoms with Gasteiger partial charge in [0.15, 0.2) is 5.78 Å². The molecule has 0 atom stereocenters. The molecule has 0 saturated carbocycles. The number of sulfonamides is 1. The number of halogens is 1. The molecule has 1 fully saturated rings. The van der Waals surface area contributed by atoms with Crippen LogP contribution < -0.4 is 0 Å². The molecule has 1 aliphatic heterocycles. The van der Waals surface area contributed by atoms with Crippen molar-refractivity contribution in [2.24, 2.45) is 5.92 Å². The van der Waals surface area contributed by atoms with E-state index in [0.717, 1.165) is 25.0 Å². The van der Waals surface area contributed by atoms with Gasteiger partial charge in [-0.3, -0.25) is 4.79 Å². The highest BCUT2D eigenvalue weighted by Crippen LogP contribution is 2.25. The van der Waals surface area contributed by atoms with Gasteiger partial charge in [-0.15, -0.1) is 0 Å². The van der Waals surface area contributed by atoms with Crippen molar-refractivity contribution >= 4 is 15.8 Å². The first-order chi connectivity index (χ1) is 9.32. The summed E-state index contributed by atoms with van der Waals surface area (Å²) >= 11 is 0. The number of hydrogen-bond acceptors (Lipinski definition) is 3. The Hall–Kier alpha value is -1.27. The molecule has 1 aromatic rings. The maximum absolute atomic E-state index is 13.8. The van der Waals surface area contributed by atoms with Crippen molar-refractivity contribution in [3.63, 3.8) is 0 Å². The zero-order valence-electron chi connectivity index (χ0n) is 11.6. The predicted molar refractivity (Wildman–Crippen MR) is 73.6 cm³/mol. The zero-order chi connectivity index (χ0) is 14.9. The summed E-state index contributed by atoms with van der Waals surface area (Å²) in [6, 6.07) is 3.47. The largest absolute Gasteiger partial charge is 0.295 e. The van der Waals surface area contributed by atoms with E-state index in [0.29, 0.717) is 19.0 Å². The summed E-state index contributed by atoms with van der Waals surface area (Å²) < 4.78 is 40.1. The number of rotatable bonds is 3. The van der Waals surface area contributed by atoms with Crippen LogP contribution in [0, 0.1) is 11.7 Å². The molecule has 0 aliphatic carbocycles. The average Bonchev–Trinajstić information content (AvgIpc) is 2.39. The Morgan fingerprint density at radius 3 is 2.45 bits per heavy atom. The number of piperidine rings is 1. The number of ketones is 1. The summed E-state index contributed by atoms with van der Waals surface area (Å²) in [4.78, 5) is 10.9. The van der Waals surface area contributed by atoms with E-state index >= 15 is 0 Å². The minimum absolute atomic E-state index is 0.204. The van der Waals surface area contributed by atoms with Crippen LogP contribution in [0.4, 0.5) is 4.39 Å². The van der Waals surface area contributed by atoms with Crippen molar-refractivity contribution in [3.8, 4) is 0 Å². The molecule has 6 heteroatoms. The molecule has 110 valence electrons. The van der Waals surface area contributed by atoms with Crippen LogP contribution in [0.15, 0.2) is 23.1 Å². The smallest absolute Gasteiger partial charge is 0.246 e. The van der Waals surface area contributed by atoms with Crippen molar-refractivity contribution in [2.45, 2.75) is 31.6 Å². The van der Waals surface area contributed by atoms with Gasteiger partial charge in [-0.2, -0.15) is 4.31 Å². The first-order valence-electron chi connectivity index (χ1n) is 6.63. The second kappa shape index (κ2) is 5.61. The van der Waals surface area contributed by atoms with Crippen molar-refractivity contribution in [2.75, 3.05) is 13.1 Å². The van der Waals surface area contributed by atoms with E-state index < -0.39 is 20.7 Å². The molecule has 1 aliphatic rings. The van der Waals surface area contributed by atoms with Crippen LogP contribution in [0.5, 0.6) is 0 Å². The summed E-state index contributed by atoms with van der Waals surface area (Å²) in [6.07, 6.45) is 1.54. The van der Waals surface area contributed by atoms with Gasteiger partial charge >= 0.3 is 0 Å². The van der Waals surface area contributed by atoms with Gasteiger partial charge in [0, 0.05) is 18.7 Å². The molecular weight excluding hydrogens is 281 g/mol. The van der Waals surface area contributed by atoms with Crippen LogP contribution in [0.25, 0.3) is 0 Å². The van der Waals surface area contributed by atoms with Crippen molar-refractivity contribution in [1.82, 2.24) is 4.31 Å². The molecule has 0 unspecified atom stereocenters. The minimum atomic E-state index is -3.87. The lowest BCUT2D eigenvalue weighted by Crippen LogP contribution is -2.38. The fourth-order valence-electron chi connectivity index (χ4n) is 2.28. The molecule has 0 spiro atoms. The highest BCUT2D eigenvalue weighted by molar-refractivity contribution is 7.89. The van der Waals surface area contributed by atoms with Gasteiger partial charge in [0.05, 0.1) is 0 Å². The third-order valence-corrected chi connectivity index (χ3v) is 5.61. The van der Waals surface area contributed by atoms with Gasteiger partial charge in [0.1, 0.15) is 10.7 Å². The Bertz CT molecular complexity index is 619. The van der Waals surface area contributed by atoms with E-state index in [9.17, 15) is 17.6 Å². The molecule has 2 rings (SSSR count). The number of nitrogens with zero attached hydrogens (tertiary/aromatic N) is 1. The van der Waals surface area contributed by atoms with Crippen molar-refractivity contribution in [3.05, 3.63) is 29.6 Å². The van der Waals surface area contributed by atoms with E-state index in [2.05, 4.69) is 6.92 Å². The number of Topliss-reactive ketones (excluding diaryl/α,β-unsaturated/α-hetero) is 1.